The summed E-state index contributed by atoms with van der Waals surface area (Å²) < 4.78 is 55.9. The van der Waals surface area contributed by atoms with E-state index in [0.29, 0.717) is 6.42 Å². The van der Waals surface area contributed by atoms with Crippen LogP contribution in [0.3, 0.4) is 0 Å². The zero-order valence-electron chi connectivity index (χ0n) is 14.7. The second-order valence-corrected chi connectivity index (χ2v) is 7.20. The fourth-order valence-corrected chi connectivity index (χ4v) is 3.65. The number of hydrogen-bond acceptors (Lipinski definition) is 3. The molecule has 3 atom stereocenters. The van der Waals surface area contributed by atoms with Crippen LogP contribution in [0.2, 0.25) is 0 Å². The average molecular weight is 356 g/mol. The van der Waals surface area contributed by atoms with Crippen molar-refractivity contribution < 1.29 is 27.4 Å². The molecule has 1 heterocycles. The second kappa shape index (κ2) is 6.32. The van der Waals surface area contributed by atoms with E-state index in [1.54, 1.807) is 21.0 Å². The van der Waals surface area contributed by atoms with Gasteiger partial charge in [-0.1, -0.05) is 12.6 Å². The zero-order chi connectivity index (χ0) is 18.4. The molecule has 2 aliphatic rings. The third kappa shape index (κ3) is 3.70. The van der Waals surface area contributed by atoms with Crippen LogP contribution in [0.1, 0.15) is 37.3 Å². The van der Waals surface area contributed by atoms with Crippen LogP contribution in [-0.4, -0.2) is 31.8 Å². The minimum atomic E-state index is -4.44. The van der Waals surface area contributed by atoms with E-state index in [0.717, 1.165) is 17.7 Å². The standard InChI is InChI=1S/C19H23F3O3/c1-11(19(20,21)22)16-10-24-18(2,3)25-17(16)9-13-7-12-8-14(23-4)5-6-15(12)13/h5-6,8,13,16-17H,1,7,9-10H2,2-4H3/t13?,16-,17+/m1/s1. The Morgan fingerprint density at radius 2 is 2.08 bits per heavy atom. The number of hydrogen-bond donors (Lipinski definition) is 0. The largest absolute Gasteiger partial charge is 0.497 e. The summed E-state index contributed by atoms with van der Waals surface area (Å²) >= 11 is 0. The lowest BCUT2D eigenvalue weighted by Crippen LogP contribution is -2.48. The summed E-state index contributed by atoms with van der Waals surface area (Å²) in [6.45, 7) is 6.69. The van der Waals surface area contributed by atoms with E-state index in [-0.39, 0.29) is 12.5 Å². The highest BCUT2D eigenvalue weighted by atomic mass is 19.4. The molecular formula is C19H23F3O3. The summed E-state index contributed by atoms with van der Waals surface area (Å²) in [5, 5.41) is 0. The van der Waals surface area contributed by atoms with Crippen molar-refractivity contribution in [1.29, 1.82) is 0 Å². The van der Waals surface area contributed by atoms with E-state index in [2.05, 4.69) is 6.58 Å². The first kappa shape index (κ1) is 18.3. The molecule has 1 fully saturated rings. The Balaban J connectivity index is 1.76. The summed E-state index contributed by atoms with van der Waals surface area (Å²) in [6.07, 6.45) is -3.68. The Labute approximate surface area is 145 Å². The van der Waals surface area contributed by atoms with Gasteiger partial charge >= 0.3 is 6.18 Å². The van der Waals surface area contributed by atoms with Gasteiger partial charge in [0.2, 0.25) is 0 Å². The van der Waals surface area contributed by atoms with Crippen LogP contribution < -0.4 is 4.74 Å². The first-order valence-electron chi connectivity index (χ1n) is 8.35. The van der Waals surface area contributed by atoms with Crippen molar-refractivity contribution in [2.24, 2.45) is 5.92 Å². The molecule has 1 aliphatic carbocycles. The molecule has 0 saturated carbocycles. The number of benzene rings is 1. The summed E-state index contributed by atoms with van der Waals surface area (Å²) in [5.74, 6) is -0.790. The Kier molecular flexibility index (Phi) is 4.62. The van der Waals surface area contributed by atoms with Gasteiger partial charge in [0.15, 0.2) is 5.79 Å². The highest BCUT2D eigenvalue weighted by Gasteiger charge is 2.47. The van der Waals surface area contributed by atoms with Gasteiger partial charge in [0.25, 0.3) is 0 Å². The summed E-state index contributed by atoms with van der Waals surface area (Å²) in [4.78, 5) is 0. The molecule has 25 heavy (non-hydrogen) atoms. The van der Waals surface area contributed by atoms with Gasteiger partial charge in [-0.05, 0) is 55.9 Å². The van der Waals surface area contributed by atoms with Gasteiger partial charge in [0.05, 0.1) is 19.8 Å². The molecule has 1 saturated heterocycles. The molecular weight excluding hydrogens is 333 g/mol. The van der Waals surface area contributed by atoms with Crippen molar-refractivity contribution >= 4 is 0 Å². The lowest BCUT2D eigenvalue weighted by molar-refractivity contribution is -0.294. The third-order valence-electron chi connectivity index (χ3n) is 5.08. The Hall–Kier alpha value is -1.53. The fraction of sp³-hybridized carbons (Fsp3) is 0.579. The van der Waals surface area contributed by atoms with E-state index in [1.807, 2.05) is 18.2 Å². The van der Waals surface area contributed by atoms with Crippen molar-refractivity contribution in [1.82, 2.24) is 0 Å². The third-order valence-corrected chi connectivity index (χ3v) is 5.08. The van der Waals surface area contributed by atoms with Crippen LogP contribution in [0.15, 0.2) is 30.4 Å². The fourth-order valence-electron chi connectivity index (χ4n) is 3.65. The summed E-state index contributed by atoms with van der Waals surface area (Å²) in [7, 11) is 1.61. The summed E-state index contributed by atoms with van der Waals surface area (Å²) in [5.41, 5.74) is 1.56. The van der Waals surface area contributed by atoms with Crippen LogP contribution in [0, 0.1) is 5.92 Å². The van der Waals surface area contributed by atoms with Crippen molar-refractivity contribution in [2.45, 2.75) is 50.7 Å². The van der Waals surface area contributed by atoms with Crippen molar-refractivity contribution in [2.75, 3.05) is 13.7 Å². The smallest absolute Gasteiger partial charge is 0.412 e. The molecule has 0 amide bonds. The van der Waals surface area contributed by atoms with Gasteiger partial charge in [-0.15, -0.1) is 0 Å². The first-order valence-corrected chi connectivity index (χ1v) is 8.35. The van der Waals surface area contributed by atoms with E-state index >= 15 is 0 Å². The van der Waals surface area contributed by atoms with Crippen LogP contribution in [-0.2, 0) is 15.9 Å². The Bertz CT molecular complexity index is 666. The molecule has 0 bridgehead atoms. The van der Waals surface area contributed by atoms with Crippen LogP contribution in [0.25, 0.3) is 0 Å². The molecule has 1 aromatic carbocycles. The average Bonchev–Trinajstić information content (AvgIpc) is 2.50. The maximum atomic E-state index is 13.1. The SMILES string of the molecule is C=C([C@H]1COC(C)(C)O[C@H]1CC1Cc2cc(OC)ccc21)C(F)(F)F. The maximum Gasteiger partial charge on any atom is 0.412 e. The topological polar surface area (TPSA) is 27.7 Å². The molecule has 0 radical (unpaired) electrons. The summed E-state index contributed by atoms with van der Waals surface area (Å²) in [6, 6.07) is 5.85. The molecule has 3 nitrogen and oxygen atoms in total. The van der Waals surface area contributed by atoms with Gasteiger partial charge in [-0.25, -0.2) is 0 Å². The number of fused-ring (bicyclic) bond motifs is 1. The van der Waals surface area contributed by atoms with Gasteiger partial charge in [-0.3, -0.25) is 0 Å². The van der Waals surface area contributed by atoms with Gasteiger partial charge in [0.1, 0.15) is 5.75 Å². The molecule has 3 rings (SSSR count). The van der Waals surface area contributed by atoms with Crippen molar-refractivity contribution in [3.8, 4) is 5.75 Å². The van der Waals surface area contributed by atoms with Crippen LogP contribution >= 0.6 is 0 Å². The first-order chi connectivity index (χ1) is 11.6. The molecule has 1 aromatic rings. The monoisotopic (exact) mass is 356 g/mol. The van der Waals surface area contributed by atoms with Crippen molar-refractivity contribution in [3.63, 3.8) is 0 Å². The number of halogens is 3. The predicted molar refractivity (Wildman–Crippen MR) is 87.6 cm³/mol. The lowest BCUT2D eigenvalue weighted by atomic mass is 9.72. The molecule has 1 aliphatic heterocycles. The van der Waals surface area contributed by atoms with Gasteiger partial charge in [-0.2, -0.15) is 13.2 Å². The number of methoxy groups -OCH3 is 1. The molecule has 0 spiro atoms. The maximum absolute atomic E-state index is 13.1. The lowest BCUT2D eigenvalue weighted by Gasteiger charge is -2.44. The Morgan fingerprint density at radius 3 is 2.68 bits per heavy atom. The number of alkyl halides is 3. The number of rotatable bonds is 4. The zero-order valence-corrected chi connectivity index (χ0v) is 14.7. The van der Waals surface area contributed by atoms with Crippen LogP contribution in [0.5, 0.6) is 5.75 Å². The Morgan fingerprint density at radius 1 is 1.36 bits per heavy atom. The van der Waals surface area contributed by atoms with E-state index in [1.165, 1.54) is 5.56 Å². The minimum Gasteiger partial charge on any atom is -0.497 e. The normalized spacial score (nSPS) is 28.0. The number of ether oxygens (including phenoxy) is 3. The van der Waals surface area contributed by atoms with Gasteiger partial charge in [0, 0.05) is 11.5 Å². The molecule has 1 unspecified atom stereocenters. The van der Waals surface area contributed by atoms with Gasteiger partial charge < -0.3 is 14.2 Å². The van der Waals surface area contributed by atoms with Crippen LogP contribution in [0.4, 0.5) is 13.2 Å². The highest BCUT2D eigenvalue weighted by molar-refractivity contribution is 5.45. The molecule has 6 heteroatoms. The second-order valence-electron chi connectivity index (χ2n) is 7.20. The highest BCUT2D eigenvalue weighted by Crippen LogP contribution is 2.45. The molecule has 0 N–H and O–H groups in total. The molecule has 138 valence electrons. The minimum absolute atomic E-state index is 0.0296. The predicted octanol–water partition coefficient (Wildman–Crippen LogP) is 4.61. The van der Waals surface area contributed by atoms with E-state index in [4.69, 9.17) is 14.2 Å². The van der Waals surface area contributed by atoms with E-state index < -0.39 is 29.6 Å². The molecule has 0 aromatic heterocycles. The quantitative estimate of drug-likeness (QED) is 0.738. The van der Waals surface area contributed by atoms with E-state index in [9.17, 15) is 13.2 Å². The van der Waals surface area contributed by atoms with Crippen molar-refractivity contribution in [3.05, 3.63) is 41.5 Å².